The average molecular weight is 382 g/mol. The molecule has 7 heteroatoms. The normalized spacial score (nSPS) is 15.2. The lowest BCUT2D eigenvalue weighted by atomic mass is 10.2. The Morgan fingerprint density at radius 2 is 1.89 bits per heavy atom. The van der Waals surface area contributed by atoms with Crippen LogP contribution in [0.4, 0.5) is 0 Å². The second-order valence-corrected chi connectivity index (χ2v) is 6.57. The number of carbonyl (C=O) groups excluding carboxylic acids is 2. The molecule has 0 spiro atoms. The third-order valence-electron chi connectivity index (χ3n) is 4.49. The molecule has 148 valence electrons. The number of amides is 2. The number of carbonyl (C=O) groups is 2. The molecule has 1 aliphatic rings. The van der Waals surface area contributed by atoms with Crippen molar-refractivity contribution in [1.82, 2.24) is 20.5 Å². The number of aromatic amines is 1. The minimum atomic E-state index is -0.318. The van der Waals surface area contributed by atoms with E-state index in [0.717, 1.165) is 45.0 Å². The fourth-order valence-corrected chi connectivity index (χ4v) is 2.96. The molecule has 0 saturated carbocycles. The predicted octanol–water partition coefficient (Wildman–Crippen LogP) is 1.62. The lowest BCUT2D eigenvalue weighted by Crippen LogP contribution is -2.39. The molecule has 1 aromatic carbocycles. The topological polar surface area (TPSA) is 86.5 Å². The molecule has 2 amide bonds. The molecule has 1 saturated heterocycles. The highest BCUT2D eigenvalue weighted by atomic mass is 16.5. The Hall–Kier alpha value is -2.90. The summed E-state index contributed by atoms with van der Waals surface area (Å²) < 4.78 is 5.34. The van der Waals surface area contributed by atoms with Crippen LogP contribution < -0.4 is 10.6 Å². The van der Waals surface area contributed by atoms with Crippen molar-refractivity contribution in [2.45, 2.75) is 6.42 Å². The molecule has 28 heavy (non-hydrogen) atoms. The van der Waals surface area contributed by atoms with E-state index in [0.29, 0.717) is 12.1 Å². The molecule has 3 rings (SSSR count). The lowest BCUT2D eigenvalue weighted by Gasteiger charge is -2.26. The number of hydrogen-bond donors (Lipinski definition) is 3. The minimum Gasteiger partial charge on any atom is -0.379 e. The molecule has 1 aromatic heterocycles. The zero-order valence-electron chi connectivity index (χ0n) is 15.8. The summed E-state index contributed by atoms with van der Waals surface area (Å²) in [6.07, 6.45) is 4.25. The number of rotatable bonds is 8. The Morgan fingerprint density at radius 1 is 1.11 bits per heavy atom. The maximum absolute atomic E-state index is 12.6. The van der Waals surface area contributed by atoms with Crippen molar-refractivity contribution in [3.63, 3.8) is 0 Å². The summed E-state index contributed by atoms with van der Waals surface area (Å²) in [4.78, 5) is 30.5. The van der Waals surface area contributed by atoms with Gasteiger partial charge >= 0.3 is 0 Å². The van der Waals surface area contributed by atoms with Gasteiger partial charge in [0.1, 0.15) is 5.70 Å². The smallest absolute Gasteiger partial charge is 0.267 e. The van der Waals surface area contributed by atoms with Crippen LogP contribution in [0.2, 0.25) is 0 Å². The Labute approximate surface area is 164 Å². The molecule has 0 atom stereocenters. The summed E-state index contributed by atoms with van der Waals surface area (Å²) in [6, 6.07) is 12.5. The van der Waals surface area contributed by atoms with E-state index < -0.39 is 0 Å². The van der Waals surface area contributed by atoms with Crippen molar-refractivity contribution in [2.24, 2.45) is 0 Å². The SMILES string of the molecule is O=C(NCCCN1CCOCC1)/C(=C/c1ccc[nH]1)NC(=O)c1ccccc1. The van der Waals surface area contributed by atoms with Gasteiger partial charge in [0, 0.05) is 37.1 Å². The first-order valence-electron chi connectivity index (χ1n) is 9.52. The molecule has 0 radical (unpaired) electrons. The van der Waals surface area contributed by atoms with E-state index in [1.54, 1.807) is 36.5 Å². The van der Waals surface area contributed by atoms with Gasteiger partial charge in [-0.25, -0.2) is 0 Å². The van der Waals surface area contributed by atoms with Crippen molar-refractivity contribution in [2.75, 3.05) is 39.4 Å². The summed E-state index contributed by atoms with van der Waals surface area (Å²) in [7, 11) is 0. The van der Waals surface area contributed by atoms with Gasteiger partial charge in [-0.3, -0.25) is 14.5 Å². The van der Waals surface area contributed by atoms with Crippen LogP contribution in [0.15, 0.2) is 54.4 Å². The average Bonchev–Trinajstić information content (AvgIpc) is 3.25. The Bertz CT molecular complexity index is 781. The molecule has 0 bridgehead atoms. The van der Waals surface area contributed by atoms with Gasteiger partial charge in [-0.05, 0) is 43.3 Å². The Balaban J connectivity index is 1.56. The summed E-state index contributed by atoms with van der Waals surface area (Å²) in [5.41, 5.74) is 1.45. The first kappa shape index (κ1) is 19.9. The van der Waals surface area contributed by atoms with Crippen LogP contribution in [0.5, 0.6) is 0 Å². The van der Waals surface area contributed by atoms with E-state index in [4.69, 9.17) is 4.74 Å². The first-order chi connectivity index (χ1) is 13.7. The largest absolute Gasteiger partial charge is 0.379 e. The zero-order chi connectivity index (χ0) is 19.6. The van der Waals surface area contributed by atoms with Gasteiger partial charge in [0.05, 0.1) is 13.2 Å². The van der Waals surface area contributed by atoms with E-state index >= 15 is 0 Å². The molecule has 0 unspecified atom stereocenters. The highest BCUT2D eigenvalue weighted by molar-refractivity contribution is 6.05. The highest BCUT2D eigenvalue weighted by Gasteiger charge is 2.15. The third kappa shape index (κ3) is 6.07. The number of ether oxygens (including phenoxy) is 1. The van der Waals surface area contributed by atoms with Crippen LogP contribution in [0, 0.1) is 0 Å². The second-order valence-electron chi connectivity index (χ2n) is 6.57. The van der Waals surface area contributed by atoms with E-state index in [1.807, 2.05) is 18.2 Å². The van der Waals surface area contributed by atoms with Crippen molar-refractivity contribution >= 4 is 17.9 Å². The van der Waals surface area contributed by atoms with Crippen LogP contribution in [-0.2, 0) is 9.53 Å². The van der Waals surface area contributed by atoms with Gasteiger partial charge in [-0.1, -0.05) is 18.2 Å². The monoisotopic (exact) mass is 382 g/mol. The fraction of sp³-hybridized carbons (Fsp3) is 0.333. The predicted molar refractivity (Wildman–Crippen MR) is 108 cm³/mol. The second kappa shape index (κ2) is 10.4. The summed E-state index contributed by atoms with van der Waals surface area (Å²) in [5.74, 6) is -0.622. The maximum Gasteiger partial charge on any atom is 0.267 e. The molecule has 3 N–H and O–H groups in total. The zero-order valence-corrected chi connectivity index (χ0v) is 15.8. The number of morpholine rings is 1. The van der Waals surface area contributed by atoms with Gasteiger partial charge < -0.3 is 20.4 Å². The minimum absolute atomic E-state index is 0.211. The molecule has 1 aliphatic heterocycles. The van der Waals surface area contributed by atoms with E-state index in [-0.39, 0.29) is 17.5 Å². The van der Waals surface area contributed by atoms with E-state index in [2.05, 4.69) is 20.5 Å². The summed E-state index contributed by atoms with van der Waals surface area (Å²) in [5, 5.41) is 5.62. The van der Waals surface area contributed by atoms with Crippen LogP contribution in [0.3, 0.4) is 0 Å². The van der Waals surface area contributed by atoms with Gasteiger partial charge in [0.15, 0.2) is 0 Å². The van der Waals surface area contributed by atoms with Crippen molar-refractivity contribution in [3.8, 4) is 0 Å². The Morgan fingerprint density at radius 3 is 2.61 bits per heavy atom. The molecule has 0 aliphatic carbocycles. The molecule has 7 nitrogen and oxygen atoms in total. The summed E-state index contributed by atoms with van der Waals surface area (Å²) in [6.45, 7) is 4.84. The van der Waals surface area contributed by atoms with Crippen LogP contribution >= 0.6 is 0 Å². The van der Waals surface area contributed by atoms with Crippen LogP contribution in [-0.4, -0.2) is 61.1 Å². The molecule has 2 heterocycles. The standard InChI is InChI=1S/C21H26N4O3/c26-20(17-6-2-1-3-7-17)24-19(16-18-8-4-9-22-18)21(27)23-10-5-11-25-12-14-28-15-13-25/h1-4,6-9,16,22H,5,10-15H2,(H,23,27)(H,24,26)/b19-16-. The van der Waals surface area contributed by atoms with E-state index in [9.17, 15) is 9.59 Å². The summed E-state index contributed by atoms with van der Waals surface area (Å²) >= 11 is 0. The van der Waals surface area contributed by atoms with Crippen LogP contribution in [0.1, 0.15) is 22.5 Å². The molecular weight excluding hydrogens is 356 g/mol. The Kier molecular flexibility index (Phi) is 7.40. The van der Waals surface area contributed by atoms with Crippen LogP contribution in [0.25, 0.3) is 6.08 Å². The molecular formula is C21H26N4O3. The highest BCUT2D eigenvalue weighted by Crippen LogP contribution is 2.06. The van der Waals surface area contributed by atoms with Gasteiger partial charge in [-0.2, -0.15) is 0 Å². The van der Waals surface area contributed by atoms with E-state index in [1.165, 1.54) is 0 Å². The first-order valence-corrected chi connectivity index (χ1v) is 9.52. The number of benzene rings is 1. The third-order valence-corrected chi connectivity index (χ3v) is 4.49. The number of hydrogen-bond acceptors (Lipinski definition) is 4. The molecule has 1 fully saturated rings. The van der Waals surface area contributed by atoms with Crippen molar-refractivity contribution in [1.29, 1.82) is 0 Å². The fourth-order valence-electron chi connectivity index (χ4n) is 2.96. The van der Waals surface area contributed by atoms with Crippen molar-refractivity contribution in [3.05, 3.63) is 65.6 Å². The van der Waals surface area contributed by atoms with Gasteiger partial charge in [-0.15, -0.1) is 0 Å². The number of nitrogens with zero attached hydrogens (tertiary/aromatic N) is 1. The van der Waals surface area contributed by atoms with Gasteiger partial charge in [0.2, 0.25) is 0 Å². The maximum atomic E-state index is 12.6. The quantitative estimate of drug-likeness (QED) is 0.478. The van der Waals surface area contributed by atoms with Gasteiger partial charge in [0.25, 0.3) is 11.8 Å². The number of nitrogens with one attached hydrogen (secondary N) is 3. The van der Waals surface area contributed by atoms with Crippen molar-refractivity contribution < 1.29 is 14.3 Å². The lowest BCUT2D eigenvalue weighted by molar-refractivity contribution is -0.117. The number of aromatic nitrogens is 1. The number of H-pyrrole nitrogens is 1. The molecule has 2 aromatic rings.